The summed E-state index contributed by atoms with van der Waals surface area (Å²) < 4.78 is 55.3. The molecule has 0 aromatic heterocycles. The molecule has 9 heteroatoms. The van der Waals surface area contributed by atoms with E-state index in [2.05, 4.69) is 18.0 Å². The fraction of sp³-hybridized carbons (Fsp3) is 0.357. The molecule has 0 aliphatic rings. The van der Waals surface area contributed by atoms with Crippen LogP contribution in [0.1, 0.15) is 49.4 Å². The number of alkyl halides is 3. The van der Waals surface area contributed by atoms with Crippen molar-refractivity contribution >= 4 is 11.4 Å². The van der Waals surface area contributed by atoms with E-state index in [0.29, 0.717) is 17.9 Å². The molecule has 0 atom stereocenters. The molecule has 0 spiro atoms. The lowest BCUT2D eigenvalue weighted by atomic mass is 10.0. The smallest absolute Gasteiger partial charge is 0.416 e. The Kier molecular flexibility index (Phi) is 16.4. The van der Waals surface area contributed by atoms with E-state index in [1.165, 1.54) is 31.3 Å². The van der Waals surface area contributed by atoms with Gasteiger partial charge in [-0.15, -0.1) is 0 Å². The molecule has 0 unspecified atom stereocenters. The Balaban J connectivity index is 0.000000688. The first kappa shape index (κ1) is 33.7. The molecule has 0 fully saturated rings. The van der Waals surface area contributed by atoms with Crippen LogP contribution in [-0.4, -0.2) is 20.7 Å². The molecular formula is C28H40F4N4O. The second-order valence-electron chi connectivity index (χ2n) is 7.30. The van der Waals surface area contributed by atoms with Crippen LogP contribution in [0.25, 0.3) is 0 Å². The van der Waals surface area contributed by atoms with Crippen LogP contribution < -0.4 is 27.3 Å². The zero-order chi connectivity index (χ0) is 28.4. The van der Waals surface area contributed by atoms with Crippen molar-refractivity contribution in [2.24, 2.45) is 11.5 Å². The number of anilines is 2. The highest BCUT2D eigenvalue weighted by Crippen LogP contribution is 2.31. The maximum Gasteiger partial charge on any atom is 0.416 e. The van der Waals surface area contributed by atoms with Crippen molar-refractivity contribution in [1.82, 2.24) is 0 Å². The van der Waals surface area contributed by atoms with Gasteiger partial charge in [-0.05, 0) is 60.5 Å². The summed E-state index contributed by atoms with van der Waals surface area (Å²) in [6.45, 7) is 6.86. The second kappa shape index (κ2) is 18.0. The maximum atomic E-state index is 13.5. The summed E-state index contributed by atoms with van der Waals surface area (Å²) in [5, 5.41) is 3.32. The maximum absolute atomic E-state index is 13.5. The molecule has 3 aromatic rings. The minimum Gasteiger partial charge on any atom is -0.495 e. The summed E-state index contributed by atoms with van der Waals surface area (Å²) in [7, 11) is 3.09. The van der Waals surface area contributed by atoms with E-state index in [1.807, 2.05) is 32.0 Å². The first-order valence-corrected chi connectivity index (χ1v) is 12.1. The summed E-state index contributed by atoms with van der Waals surface area (Å²) in [6.07, 6.45) is -2.72. The molecule has 7 N–H and O–H groups in total. The standard InChI is InChI=1S/C17H21FN2O.C8H8F3N.C2H6.CH5N/c1-3-9-20-15-8-7-14(18)11-13(15)10-12-5-4-6-16(21-2)17(12)19;9-8(10,11)7-4-2-1-3-6(7)5-12;2*1-2/h4-8,11,20H,3,9-10,19H2,1-2H3;1-4H,5,12H2;1-2H3;2H2,1H3. The zero-order valence-corrected chi connectivity index (χ0v) is 22.3. The summed E-state index contributed by atoms with van der Waals surface area (Å²) in [6, 6.07) is 15.7. The van der Waals surface area contributed by atoms with Gasteiger partial charge in [0.1, 0.15) is 11.6 Å². The molecule has 0 bridgehead atoms. The molecule has 0 amide bonds. The van der Waals surface area contributed by atoms with Gasteiger partial charge < -0.3 is 27.3 Å². The van der Waals surface area contributed by atoms with Gasteiger partial charge in [0, 0.05) is 25.2 Å². The van der Waals surface area contributed by atoms with Gasteiger partial charge in [0.25, 0.3) is 0 Å². The Labute approximate surface area is 218 Å². The summed E-state index contributed by atoms with van der Waals surface area (Å²) >= 11 is 0. The van der Waals surface area contributed by atoms with Crippen molar-refractivity contribution in [2.45, 2.75) is 46.3 Å². The predicted octanol–water partition coefficient (Wildman–Crippen LogP) is 6.59. The van der Waals surface area contributed by atoms with Gasteiger partial charge in [0.15, 0.2) is 0 Å². The van der Waals surface area contributed by atoms with Crippen molar-refractivity contribution in [1.29, 1.82) is 0 Å². The molecule has 0 aliphatic heterocycles. The Bertz CT molecular complexity index is 1040. The average molecular weight is 525 g/mol. The lowest BCUT2D eigenvalue weighted by Gasteiger charge is -2.14. The van der Waals surface area contributed by atoms with E-state index in [0.717, 1.165) is 35.8 Å². The first-order chi connectivity index (χ1) is 17.7. The number of hydrogen-bond donors (Lipinski definition) is 4. The molecule has 206 valence electrons. The van der Waals surface area contributed by atoms with Gasteiger partial charge in [-0.1, -0.05) is 51.1 Å². The van der Waals surface area contributed by atoms with Crippen molar-refractivity contribution < 1.29 is 22.3 Å². The SMILES string of the molecule is CC.CCCNc1ccc(F)cc1Cc1cccc(OC)c1N.CN.NCc1ccccc1C(F)(F)F. The largest absolute Gasteiger partial charge is 0.495 e. The highest BCUT2D eigenvalue weighted by Gasteiger charge is 2.32. The molecule has 0 saturated heterocycles. The van der Waals surface area contributed by atoms with Crippen LogP contribution in [0.15, 0.2) is 60.7 Å². The number of ether oxygens (including phenoxy) is 1. The van der Waals surface area contributed by atoms with Gasteiger partial charge in [-0.3, -0.25) is 0 Å². The van der Waals surface area contributed by atoms with Crippen LogP contribution in [0, 0.1) is 5.82 Å². The lowest BCUT2D eigenvalue weighted by Crippen LogP contribution is -2.11. The second-order valence-corrected chi connectivity index (χ2v) is 7.30. The third kappa shape index (κ3) is 11.1. The minimum atomic E-state index is -4.30. The van der Waals surface area contributed by atoms with E-state index in [4.69, 9.17) is 16.2 Å². The highest BCUT2D eigenvalue weighted by molar-refractivity contribution is 5.62. The first-order valence-electron chi connectivity index (χ1n) is 12.1. The number of nitrogens with one attached hydrogen (secondary N) is 1. The van der Waals surface area contributed by atoms with Crippen molar-refractivity contribution in [3.63, 3.8) is 0 Å². The Morgan fingerprint density at radius 1 is 0.892 bits per heavy atom. The summed E-state index contributed by atoms with van der Waals surface area (Å²) in [5.41, 5.74) is 18.6. The van der Waals surface area contributed by atoms with Gasteiger partial charge in [0.05, 0.1) is 18.4 Å². The molecule has 3 aromatic carbocycles. The number of benzene rings is 3. The highest BCUT2D eigenvalue weighted by atomic mass is 19.4. The lowest BCUT2D eigenvalue weighted by molar-refractivity contribution is -0.138. The number of rotatable bonds is 7. The third-order valence-corrected chi connectivity index (χ3v) is 4.93. The fourth-order valence-corrected chi connectivity index (χ4v) is 3.24. The molecule has 0 radical (unpaired) electrons. The Hall–Kier alpha value is -3.30. The Morgan fingerprint density at radius 2 is 1.51 bits per heavy atom. The Morgan fingerprint density at radius 3 is 2.05 bits per heavy atom. The average Bonchev–Trinajstić information content (AvgIpc) is 2.91. The van der Waals surface area contributed by atoms with Gasteiger partial charge >= 0.3 is 6.18 Å². The monoisotopic (exact) mass is 524 g/mol. The normalized spacial score (nSPS) is 10.0. The topological polar surface area (TPSA) is 99.3 Å². The van der Waals surface area contributed by atoms with Crippen molar-refractivity contribution in [3.8, 4) is 5.75 Å². The minimum absolute atomic E-state index is 0.0876. The summed E-state index contributed by atoms with van der Waals surface area (Å²) in [5.74, 6) is 0.403. The zero-order valence-electron chi connectivity index (χ0n) is 22.3. The third-order valence-electron chi connectivity index (χ3n) is 4.93. The van der Waals surface area contributed by atoms with Gasteiger partial charge in [0.2, 0.25) is 0 Å². The predicted molar refractivity (Wildman–Crippen MR) is 146 cm³/mol. The molecule has 0 aliphatic carbocycles. The summed E-state index contributed by atoms with van der Waals surface area (Å²) in [4.78, 5) is 0. The van der Waals surface area contributed by atoms with E-state index >= 15 is 0 Å². The molecule has 0 saturated carbocycles. The molecule has 5 nitrogen and oxygen atoms in total. The molecule has 3 rings (SSSR count). The van der Waals surface area contributed by atoms with Crippen molar-refractivity contribution in [2.75, 3.05) is 31.8 Å². The molecule has 37 heavy (non-hydrogen) atoms. The van der Waals surface area contributed by atoms with Crippen LogP contribution in [0.3, 0.4) is 0 Å². The van der Waals surface area contributed by atoms with Crippen LogP contribution in [-0.2, 0) is 19.1 Å². The number of halogens is 4. The number of para-hydroxylation sites is 1. The van der Waals surface area contributed by atoms with Crippen LogP contribution in [0.2, 0.25) is 0 Å². The van der Waals surface area contributed by atoms with E-state index < -0.39 is 11.7 Å². The quantitative estimate of drug-likeness (QED) is 0.206. The van der Waals surface area contributed by atoms with Gasteiger partial charge in [-0.2, -0.15) is 13.2 Å². The number of methoxy groups -OCH3 is 1. The molecule has 0 heterocycles. The number of nitrogens with two attached hydrogens (primary N) is 3. The number of nitrogen functional groups attached to an aromatic ring is 1. The van der Waals surface area contributed by atoms with E-state index in [-0.39, 0.29) is 17.9 Å². The van der Waals surface area contributed by atoms with Gasteiger partial charge in [-0.25, -0.2) is 4.39 Å². The van der Waals surface area contributed by atoms with Crippen LogP contribution in [0.5, 0.6) is 5.75 Å². The van der Waals surface area contributed by atoms with E-state index in [1.54, 1.807) is 19.2 Å². The van der Waals surface area contributed by atoms with Crippen molar-refractivity contribution in [3.05, 3.63) is 88.7 Å². The van der Waals surface area contributed by atoms with Crippen LogP contribution >= 0.6 is 0 Å². The van der Waals surface area contributed by atoms with E-state index in [9.17, 15) is 17.6 Å². The molecular weight excluding hydrogens is 484 g/mol. The fourth-order valence-electron chi connectivity index (χ4n) is 3.24. The number of hydrogen-bond acceptors (Lipinski definition) is 5. The van der Waals surface area contributed by atoms with Crippen LogP contribution in [0.4, 0.5) is 28.9 Å².